The molecule has 2 atom stereocenters. The largest absolute Gasteiger partial charge is 0.368 e. The van der Waals surface area contributed by atoms with Crippen LogP contribution < -0.4 is 0 Å². The highest BCUT2D eigenvalue weighted by Gasteiger charge is 2.13. The second-order valence-electron chi connectivity index (χ2n) is 5.17. The molecule has 2 rings (SSSR count). The zero-order chi connectivity index (χ0) is 15.5. The van der Waals surface area contributed by atoms with Crippen LogP contribution in [0.4, 0.5) is 0 Å². The summed E-state index contributed by atoms with van der Waals surface area (Å²) in [4.78, 5) is 0. The van der Waals surface area contributed by atoms with E-state index < -0.39 is 0 Å². The Morgan fingerprint density at radius 3 is 2.91 bits per heavy atom. The number of ether oxygens (including phenoxy) is 3. The van der Waals surface area contributed by atoms with Gasteiger partial charge >= 0.3 is 0 Å². The minimum absolute atomic E-state index is 0.0758. The Hall–Kier alpha value is -1.67. The first-order chi connectivity index (χ1) is 10.9. The van der Waals surface area contributed by atoms with Crippen LogP contribution in [0, 0.1) is 11.3 Å². The van der Waals surface area contributed by atoms with Crippen LogP contribution in [0.5, 0.6) is 0 Å². The molecule has 4 heteroatoms. The van der Waals surface area contributed by atoms with Crippen molar-refractivity contribution in [1.29, 1.82) is 5.26 Å². The molecule has 0 N–H and O–H groups in total. The molecule has 0 aliphatic carbocycles. The Morgan fingerprint density at radius 1 is 1.32 bits per heavy atom. The molecule has 0 saturated carbocycles. The van der Waals surface area contributed by atoms with Gasteiger partial charge in [-0.3, -0.25) is 0 Å². The smallest absolute Gasteiger partial charge is 0.157 e. The van der Waals surface area contributed by atoms with Crippen molar-refractivity contribution < 1.29 is 14.2 Å². The van der Waals surface area contributed by atoms with Crippen molar-refractivity contribution in [1.82, 2.24) is 0 Å². The summed E-state index contributed by atoms with van der Waals surface area (Å²) in [6.07, 6.45) is 7.37. The van der Waals surface area contributed by atoms with E-state index in [1.807, 2.05) is 42.5 Å². The average molecular weight is 301 g/mol. The Bertz CT molecular complexity index is 475. The van der Waals surface area contributed by atoms with E-state index in [9.17, 15) is 0 Å². The van der Waals surface area contributed by atoms with Crippen LogP contribution >= 0.6 is 0 Å². The maximum absolute atomic E-state index is 8.63. The van der Waals surface area contributed by atoms with E-state index in [0.717, 1.165) is 31.4 Å². The Morgan fingerprint density at radius 2 is 2.18 bits per heavy atom. The minimum Gasteiger partial charge on any atom is -0.368 e. The van der Waals surface area contributed by atoms with Gasteiger partial charge in [-0.05, 0) is 24.8 Å². The van der Waals surface area contributed by atoms with Gasteiger partial charge in [0.2, 0.25) is 0 Å². The Balaban J connectivity index is 1.82. The van der Waals surface area contributed by atoms with Crippen molar-refractivity contribution in [2.75, 3.05) is 19.8 Å². The quantitative estimate of drug-likeness (QED) is 0.542. The first-order valence-corrected chi connectivity index (χ1v) is 7.83. The molecule has 0 amide bonds. The molecule has 1 fully saturated rings. The normalized spacial score (nSPS) is 19.9. The number of hydrogen-bond donors (Lipinski definition) is 0. The highest BCUT2D eigenvalue weighted by Crippen LogP contribution is 2.19. The molecule has 0 aromatic heterocycles. The summed E-state index contributed by atoms with van der Waals surface area (Å²) in [6, 6.07) is 12.1. The van der Waals surface area contributed by atoms with Gasteiger partial charge in [-0.15, -0.1) is 0 Å². The molecular weight excluding hydrogens is 278 g/mol. The second kappa shape index (κ2) is 10.1. The monoisotopic (exact) mass is 301 g/mol. The molecule has 4 nitrogen and oxygen atoms in total. The highest BCUT2D eigenvalue weighted by atomic mass is 16.7. The Kier molecular flexibility index (Phi) is 7.68. The van der Waals surface area contributed by atoms with E-state index in [1.54, 1.807) is 0 Å². The van der Waals surface area contributed by atoms with Crippen molar-refractivity contribution in [3.05, 3.63) is 48.0 Å². The summed E-state index contributed by atoms with van der Waals surface area (Å²) in [5.74, 6) is 0. The molecule has 1 aliphatic rings. The summed E-state index contributed by atoms with van der Waals surface area (Å²) in [7, 11) is 0. The second-order valence-corrected chi connectivity index (χ2v) is 5.17. The fourth-order valence-corrected chi connectivity index (χ4v) is 2.32. The third-order valence-corrected chi connectivity index (χ3v) is 3.47. The summed E-state index contributed by atoms with van der Waals surface area (Å²) in [5, 5.41) is 8.63. The van der Waals surface area contributed by atoms with E-state index >= 15 is 0 Å². The first-order valence-electron chi connectivity index (χ1n) is 7.83. The fourth-order valence-electron chi connectivity index (χ4n) is 2.32. The molecule has 2 unspecified atom stereocenters. The molecule has 1 aliphatic heterocycles. The maximum Gasteiger partial charge on any atom is 0.157 e. The van der Waals surface area contributed by atoms with Crippen LogP contribution in [0.2, 0.25) is 0 Å². The Labute approximate surface area is 132 Å². The van der Waals surface area contributed by atoms with Crippen molar-refractivity contribution in [2.45, 2.75) is 38.1 Å². The highest BCUT2D eigenvalue weighted by molar-refractivity contribution is 5.21. The SMILES string of the molecule is N#CCCOC(/C=C\COC1CCCCO1)c1ccccc1. The van der Waals surface area contributed by atoms with Gasteiger partial charge in [-0.1, -0.05) is 42.5 Å². The molecule has 0 bridgehead atoms. The lowest BCUT2D eigenvalue weighted by Gasteiger charge is -2.22. The lowest BCUT2D eigenvalue weighted by atomic mass is 10.1. The van der Waals surface area contributed by atoms with Crippen LogP contribution in [-0.4, -0.2) is 26.1 Å². The van der Waals surface area contributed by atoms with Crippen LogP contribution in [0.3, 0.4) is 0 Å². The number of benzene rings is 1. The van der Waals surface area contributed by atoms with E-state index in [1.165, 1.54) is 0 Å². The van der Waals surface area contributed by atoms with Crippen molar-refractivity contribution in [2.24, 2.45) is 0 Å². The summed E-state index contributed by atoms with van der Waals surface area (Å²) < 4.78 is 17.0. The minimum atomic E-state index is -0.148. The number of nitrogens with zero attached hydrogens (tertiary/aromatic N) is 1. The summed E-state index contributed by atoms with van der Waals surface area (Å²) in [5.41, 5.74) is 1.07. The van der Waals surface area contributed by atoms with Gasteiger partial charge in [0.1, 0.15) is 6.10 Å². The van der Waals surface area contributed by atoms with E-state index in [2.05, 4.69) is 6.07 Å². The molecular formula is C18H23NO3. The number of rotatable bonds is 8. The molecule has 1 aromatic carbocycles. The van der Waals surface area contributed by atoms with Gasteiger partial charge in [-0.25, -0.2) is 0 Å². The maximum atomic E-state index is 8.63. The van der Waals surface area contributed by atoms with Crippen molar-refractivity contribution in [3.63, 3.8) is 0 Å². The van der Waals surface area contributed by atoms with Crippen LogP contribution in [-0.2, 0) is 14.2 Å². The molecule has 1 heterocycles. The first kappa shape index (κ1) is 16.7. The van der Waals surface area contributed by atoms with Gasteiger partial charge in [-0.2, -0.15) is 5.26 Å². The molecule has 1 saturated heterocycles. The lowest BCUT2D eigenvalue weighted by molar-refractivity contribution is -0.155. The van der Waals surface area contributed by atoms with Gasteiger partial charge < -0.3 is 14.2 Å². The molecule has 1 aromatic rings. The molecule has 22 heavy (non-hydrogen) atoms. The van der Waals surface area contributed by atoms with Crippen LogP contribution in [0.1, 0.15) is 37.4 Å². The molecule has 0 spiro atoms. The summed E-state index contributed by atoms with van der Waals surface area (Å²) in [6.45, 7) is 1.72. The van der Waals surface area contributed by atoms with E-state index in [0.29, 0.717) is 19.6 Å². The van der Waals surface area contributed by atoms with Crippen molar-refractivity contribution >= 4 is 0 Å². The third kappa shape index (κ3) is 5.98. The zero-order valence-electron chi connectivity index (χ0n) is 12.8. The van der Waals surface area contributed by atoms with Crippen molar-refractivity contribution in [3.8, 4) is 6.07 Å². The van der Waals surface area contributed by atoms with Gasteiger partial charge in [0.25, 0.3) is 0 Å². The van der Waals surface area contributed by atoms with Gasteiger partial charge in [0, 0.05) is 6.61 Å². The number of hydrogen-bond acceptors (Lipinski definition) is 4. The predicted molar refractivity (Wildman–Crippen MR) is 84.0 cm³/mol. The average Bonchev–Trinajstić information content (AvgIpc) is 2.59. The molecule has 118 valence electrons. The lowest BCUT2D eigenvalue weighted by Crippen LogP contribution is -2.22. The zero-order valence-corrected chi connectivity index (χ0v) is 12.8. The molecule has 0 radical (unpaired) electrons. The van der Waals surface area contributed by atoms with Crippen LogP contribution in [0.25, 0.3) is 0 Å². The number of nitriles is 1. The topological polar surface area (TPSA) is 51.5 Å². The van der Waals surface area contributed by atoms with Gasteiger partial charge in [0.15, 0.2) is 6.29 Å². The standard InChI is InChI=1S/C18H23NO3/c19-12-7-15-20-17(16-8-2-1-3-9-16)10-6-14-22-18-11-4-5-13-21-18/h1-3,6,8-10,17-18H,4-5,7,11,13-15H2/b10-6-. The van der Waals surface area contributed by atoms with Gasteiger partial charge in [0.05, 0.1) is 25.7 Å². The summed E-state index contributed by atoms with van der Waals surface area (Å²) >= 11 is 0. The van der Waals surface area contributed by atoms with E-state index in [4.69, 9.17) is 19.5 Å². The fraction of sp³-hybridized carbons (Fsp3) is 0.500. The van der Waals surface area contributed by atoms with E-state index in [-0.39, 0.29) is 12.4 Å². The van der Waals surface area contributed by atoms with Crippen LogP contribution in [0.15, 0.2) is 42.5 Å². The predicted octanol–water partition coefficient (Wildman–Crippen LogP) is 3.76. The third-order valence-electron chi connectivity index (χ3n) is 3.47.